The summed E-state index contributed by atoms with van der Waals surface area (Å²) in [6, 6.07) is 0. The van der Waals surface area contributed by atoms with Gasteiger partial charge in [-0.05, 0) is 12.8 Å². The Morgan fingerprint density at radius 1 is 0.923 bits per heavy atom. The van der Waals surface area contributed by atoms with Gasteiger partial charge in [0.15, 0.2) is 0 Å². The van der Waals surface area contributed by atoms with Crippen LogP contribution in [-0.2, 0) is 0 Å². The third-order valence-electron chi connectivity index (χ3n) is 1.86. The van der Waals surface area contributed by atoms with E-state index in [0.29, 0.717) is 0 Å². The van der Waals surface area contributed by atoms with Crippen molar-refractivity contribution in [2.75, 3.05) is 0 Å². The van der Waals surface area contributed by atoms with Crippen LogP contribution >= 0.6 is 35.0 Å². The molecule has 80 valence electrons. The molecule has 0 aromatic rings. The van der Waals surface area contributed by atoms with Crippen LogP contribution in [0, 0.1) is 0 Å². The van der Waals surface area contributed by atoms with E-state index in [1.165, 1.54) is 25.7 Å². The highest BCUT2D eigenvalue weighted by molar-refractivity contribution is 8.02. The summed E-state index contributed by atoms with van der Waals surface area (Å²) < 4.78 is 0.415. The van der Waals surface area contributed by atoms with Gasteiger partial charge in [-0.15, -0.1) is 35.0 Å². The molecule has 0 radical (unpaired) electrons. The lowest BCUT2D eigenvalue weighted by Gasteiger charge is -2.12. The molecule has 0 fully saturated rings. The predicted molar refractivity (Wildman–Crippen MR) is 65.9 cm³/mol. The second-order valence-corrected chi connectivity index (χ2v) is 6.22. The summed E-state index contributed by atoms with van der Waals surface area (Å²) >= 11 is 13.9. The Labute approximate surface area is 96.8 Å². The first-order valence-electron chi connectivity index (χ1n) is 5.14. The van der Waals surface area contributed by atoms with Crippen molar-refractivity contribution in [2.45, 2.75) is 61.8 Å². The predicted octanol–water partition coefficient (Wildman–Crippen LogP) is 5.23. The Kier molecular flexibility index (Phi) is 10.2. The summed E-state index contributed by atoms with van der Waals surface area (Å²) in [4.78, 5) is 0. The summed E-state index contributed by atoms with van der Waals surface area (Å²) in [5.74, 6) is 0. The molecule has 0 N–H and O–H groups in total. The number of rotatable bonds is 8. The maximum atomic E-state index is 6.11. The Bertz CT molecular complexity index is 97.1. The van der Waals surface area contributed by atoms with Crippen molar-refractivity contribution in [3.8, 4) is 0 Å². The molecule has 2 unspecified atom stereocenters. The van der Waals surface area contributed by atoms with Gasteiger partial charge in [0, 0.05) is 0 Å². The maximum Gasteiger partial charge on any atom is 0.0803 e. The third-order valence-corrected chi connectivity index (χ3v) is 3.98. The SMILES string of the molecule is CCCCC(Cl)SC(Cl)CCCC. The van der Waals surface area contributed by atoms with E-state index in [1.54, 1.807) is 11.8 Å². The monoisotopic (exact) mass is 242 g/mol. The van der Waals surface area contributed by atoms with E-state index in [1.807, 2.05) is 0 Å². The molecule has 0 amide bonds. The first-order valence-corrected chi connectivity index (χ1v) is 6.95. The Morgan fingerprint density at radius 2 is 1.31 bits per heavy atom. The van der Waals surface area contributed by atoms with Crippen LogP contribution in [0.1, 0.15) is 52.4 Å². The van der Waals surface area contributed by atoms with Crippen LogP contribution in [0.3, 0.4) is 0 Å². The molecule has 13 heavy (non-hydrogen) atoms. The summed E-state index contributed by atoms with van der Waals surface area (Å²) in [5.41, 5.74) is 0. The second kappa shape index (κ2) is 9.48. The Hall–Kier alpha value is 0.930. The van der Waals surface area contributed by atoms with Crippen LogP contribution in [0.4, 0.5) is 0 Å². The van der Waals surface area contributed by atoms with Crippen molar-refractivity contribution in [3.05, 3.63) is 0 Å². The zero-order valence-corrected chi connectivity index (χ0v) is 10.9. The van der Waals surface area contributed by atoms with Gasteiger partial charge in [0.2, 0.25) is 0 Å². The van der Waals surface area contributed by atoms with Gasteiger partial charge in [-0.1, -0.05) is 39.5 Å². The minimum Gasteiger partial charge on any atom is -0.123 e. The number of unbranched alkanes of at least 4 members (excludes halogenated alkanes) is 2. The van der Waals surface area contributed by atoms with Crippen LogP contribution in [0.2, 0.25) is 0 Å². The molecule has 0 aromatic heterocycles. The molecule has 0 saturated carbocycles. The summed E-state index contributed by atoms with van der Waals surface area (Å²) in [6.45, 7) is 4.37. The highest BCUT2D eigenvalue weighted by Gasteiger charge is 2.11. The standard InChI is InChI=1S/C10H20Cl2S/c1-3-5-7-9(11)13-10(12)8-6-4-2/h9-10H,3-8H2,1-2H3. The quantitative estimate of drug-likeness (QED) is 0.526. The van der Waals surface area contributed by atoms with Crippen molar-refractivity contribution in [2.24, 2.45) is 0 Å². The normalized spacial score (nSPS) is 15.7. The molecule has 0 saturated heterocycles. The zero-order valence-electron chi connectivity index (χ0n) is 8.56. The summed E-state index contributed by atoms with van der Waals surface area (Å²) in [7, 11) is 0. The molecular weight excluding hydrogens is 223 g/mol. The zero-order chi connectivity index (χ0) is 10.1. The third kappa shape index (κ3) is 9.24. The average molecular weight is 243 g/mol. The summed E-state index contributed by atoms with van der Waals surface area (Å²) in [5, 5.41) is 0. The highest BCUT2D eigenvalue weighted by atomic mass is 35.5. The molecule has 2 atom stereocenters. The number of thioether (sulfide) groups is 1. The smallest absolute Gasteiger partial charge is 0.0803 e. The number of halogens is 2. The molecule has 0 aliphatic carbocycles. The molecule has 3 heteroatoms. The van der Waals surface area contributed by atoms with Gasteiger partial charge in [-0.2, -0.15) is 0 Å². The number of alkyl halides is 2. The molecular formula is C10H20Cl2S. The Morgan fingerprint density at radius 3 is 1.62 bits per heavy atom. The van der Waals surface area contributed by atoms with Crippen LogP contribution in [-0.4, -0.2) is 9.42 Å². The van der Waals surface area contributed by atoms with E-state index >= 15 is 0 Å². The van der Waals surface area contributed by atoms with E-state index < -0.39 is 0 Å². The minimum atomic E-state index is 0.208. The largest absolute Gasteiger partial charge is 0.123 e. The van der Waals surface area contributed by atoms with Gasteiger partial charge in [-0.3, -0.25) is 0 Å². The van der Waals surface area contributed by atoms with Crippen molar-refractivity contribution in [1.29, 1.82) is 0 Å². The maximum absolute atomic E-state index is 6.11. The molecule has 0 spiro atoms. The highest BCUT2D eigenvalue weighted by Crippen LogP contribution is 2.30. The first kappa shape index (κ1) is 13.9. The molecule has 0 aliphatic rings. The van der Waals surface area contributed by atoms with Gasteiger partial charge >= 0.3 is 0 Å². The fourth-order valence-corrected chi connectivity index (χ4v) is 3.16. The lowest BCUT2D eigenvalue weighted by atomic mass is 10.3. The molecule has 0 heterocycles. The van der Waals surface area contributed by atoms with Gasteiger partial charge in [0.1, 0.15) is 0 Å². The minimum absolute atomic E-state index is 0.208. The topological polar surface area (TPSA) is 0 Å². The lowest BCUT2D eigenvalue weighted by Crippen LogP contribution is -2.00. The fourth-order valence-electron chi connectivity index (χ4n) is 1.03. The van der Waals surface area contributed by atoms with E-state index in [4.69, 9.17) is 23.2 Å². The molecule has 0 aliphatic heterocycles. The van der Waals surface area contributed by atoms with Crippen molar-refractivity contribution in [1.82, 2.24) is 0 Å². The second-order valence-electron chi connectivity index (χ2n) is 3.24. The van der Waals surface area contributed by atoms with Gasteiger partial charge in [0.25, 0.3) is 0 Å². The first-order chi connectivity index (χ1) is 6.20. The van der Waals surface area contributed by atoms with Crippen molar-refractivity contribution >= 4 is 35.0 Å². The Balaban J connectivity index is 3.35. The molecule has 0 rings (SSSR count). The van der Waals surface area contributed by atoms with E-state index in [-0.39, 0.29) is 9.42 Å². The van der Waals surface area contributed by atoms with Gasteiger partial charge in [-0.25, -0.2) is 0 Å². The molecule has 0 nitrogen and oxygen atoms in total. The molecule has 0 aromatic carbocycles. The number of hydrogen-bond acceptors (Lipinski definition) is 1. The van der Waals surface area contributed by atoms with Crippen LogP contribution in [0.5, 0.6) is 0 Å². The van der Waals surface area contributed by atoms with Crippen molar-refractivity contribution in [3.63, 3.8) is 0 Å². The fraction of sp³-hybridized carbons (Fsp3) is 1.00. The summed E-state index contributed by atoms with van der Waals surface area (Å²) in [6.07, 6.45) is 7.00. The van der Waals surface area contributed by atoms with Crippen LogP contribution in [0.25, 0.3) is 0 Å². The van der Waals surface area contributed by atoms with Crippen LogP contribution < -0.4 is 0 Å². The van der Waals surface area contributed by atoms with E-state index in [9.17, 15) is 0 Å². The van der Waals surface area contributed by atoms with Gasteiger partial charge in [0.05, 0.1) is 9.42 Å². The number of hydrogen-bond donors (Lipinski definition) is 0. The van der Waals surface area contributed by atoms with E-state index in [0.717, 1.165) is 12.8 Å². The molecule has 0 bridgehead atoms. The van der Waals surface area contributed by atoms with Gasteiger partial charge < -0.3 is 0 Å². The van der Waals surface area contributed by atoms with Crippen molar-refractivity contribution < 1.29 is 0 Å². The average Bonchev–Trinajstić information content (AvgIpc) is 2.11. The lowest BCUT2D eigenvalue weighted by molar-refractivity contribution is 0.746. The van der Waals surface area contributed by atoms with E-state index in [2.05, 4.69) is 13.8 Å². The van der Waals surface area contributed by atoms with Crippen LogP contribution in [0.15, 0.2) is 0 Å².